The molecule has 0 bridgehead atoms. The number of carboxylic acids is 2. The summed E-state index contributed by atoms with van der Waals surface area (Å²) in [6.45, 7) is 2.30. The van der Waals surface area contributed by atoms with Gasteiger partial charge in [0.25, 0.3) is 0 Å². The van der Waals surface area contributed by atoms with E-state index in [1.807, 2.05) is 0 Å². The molecule has 2 heterocycles. The molecule has 0 unspecified atom stereocenters. The summed E-state index contributed by atoms with van der Waals surface area (Å²) in [4.78, 5) is 198. The summed E-state index contributed by atoms with van der Waals surface area (Å²) in [5, 5.41) is 56.3. The number of aliphatic carboxylic acids is 2. The van der Waals surface area contributed by atoms with Gasteiger partial charge in [0.2, 0.25) is 65.0 Å². The van der Waals surface area contributed by atoms with Gasteiger partial charge in [0, 0.05) is 50.8 Å². The van der Waals surface area contributed by atoms with Gasteiger partial charge in [-0.3, -0.25) is 62.5 Å². The van der Waals surface area contributed by atoms with Gasteiger partial charge in [-0.2, -0.15) is 0 Å². The fourth-order valence-electron chi connectivity index (χ4n) is 10.1. The first kappa shape index (κ1) is 78.7. The molecular formula is C61H89N19O17. The van der Waals surface area contributed by atoms with E-state index in [9.17, 15) is 82.4 Å². The molecule has 97 heavy (non-hydrogen) atoms. The van der Waals surface area contributed by atoms with Crippen LogP contribution in [-0.4, -0.2) is 219 Å². The number of aliphatic hydroxyl groups is 1. The number of imidazole rings is 1. The number of benzene rings is 2. The van der Waals surface area contributed by atoms with E-state index in [2.05, 4.69) is 73.4 Å². The first-order valence-electron chi connectivity index (χ1n) is 31.3. The van der Waals surface area contributed by atoms with E-state index in [1.165, 1.54) is 24.3 Å². The molecule has 530 valence electrons. The molecule has 3 aromatic rings. The second-order valence-electron chi connectivity index (χ2n) is 23.2. The predicted molar refractivity (Wildman–Crippen MR) is 346 cm³/mol. The van der Waals surface area contributed by atoms with Crippen LogP contribution in [0.1, 0.15) is 89.0 Å². The Morgan fingerprint density at radius 3 is 1.69 bits per heavy atom. The number of primary amides is 1. The molecule has 1 fully saturated rings. The number of urea groups is 1. The molecule has 0 saturated carbocycles. The Morgan fingerprint density at radius 1 is 0.608 bits per heavy atom. The second-order valence-corrected chi connectivity index (χ2v) is 23.2. The number of nitrogens with zero attached hydrogens (tertiary/aromatic N) is 3. The maximum Gasteiger partial charge on any atom is 0.326 e. The van der Waals surface area contributed by atoms with E-state index >= 15 is 0 Å². The van der Waals surface area contributed by atoms with Crippen LogP contribution in [0, 0.1) is 5.92 Å². The van der Waals surface area contributed by atoms with Crippen molar-refractivity contribution in [3.05, 3.63) is 90.0 Å². The number of likely N-dealkylation sites (tertiary alicyclic amines) is 1. The van der Waals surface area contributed by atoms with Gasteiger partial charge in [-0.1, -0.05) is 74.5 Å². The zero-order chi connectivity index (χ0) is 71.7. The van der Waals surface area contributed by atoms with Crippen molar-refractivity contribution < 1.29 is 82.4 Å². The van der Waals surface area contributed by atoms with E-state index in [0.717, 1.165) is 0 Å². The Labute approximate surface area is 557 Å². The third kappa shape index (κ3) is 28.0. The molecule has 1 aliphatic rings. The summed E-state index contributed by atoms with van der Waals surface area (Å²) >= 11 is 0. The molecule has 36 heteroatoms. The predicted octanol–water partition coefficient (Wildman–Crippen LogP) is -6.01. The first-order valence-corrected chi connectivity index (χ1v) is 31.3. The molecule has 1 saturated heterocycles. The van der Waals surface area contributed by atoms with Crippen molar-refractivity contribution in [3.63, 3.8) is 0 Å². The van der Waals surface area contributed by atoms with Gasteiger partial charge in [0.05, 0.1) is 32.4 Å². The molecule has 0 aliphatic carbocycles. The summed E-state index contributed by atoms with van der Waals surface area (Å²) < 4.78 is 0. The molecule has 1 aromatic heterocycles. The number of rotatable bonds is 41. The Balaban J connectivity index is 1.49. The van der Waals surface area contributed by atoms with E-state index in [-0.39, 0.29) is 89.3 Å². The third-order valence-corrected chi connectivity index (χ3v) is 15.0. The highest BCUT2D eigenvalue weighted by atomic mass is 16.4. The quantitative estimate of drug-likeness (QED) is 0.0143. The largest absolute Gasteiger partial charge is 0.481 e. The van der Waals surface area contributed by atoms with Crippen molar-refractivity contribution >= 4 is 88.9 Å². The summed E-state index contributed by atoms with van der Waals surface area (Å²) in [6.07, 6.45) is 1.50. The second kappa shape index (κ2) is 40.5. The average molecular weight is 1360 g/mol. The number of nitrogens with two attached hydrogens (primary N) is 4. The van der Waals surface area contributed by atoms with Crippen LogP contribution >= 0.6 is 0 Å². The number of aromatic nitrogens is 2. The van der Waals surface area contributed by atoms with Crippen LogP contribution in [-0.2, 0) is 81.6 Å². The number of aliphatic imine (C=N–C) groups is 1. The molecule has 4 rings (SSSR count). The maximum atomic E-state index is 14.6. The number of hydrogen-bond donors (Lipinski definition) is 19. The monoisotopic (exact) mass is 1360 g/mol. The van der Waals surface area contributed by atoms with Crippen LogP contribution < -0.4 is 81.4 Å². The standard InChI is InChI=1S/C61H89N19O17/c1-33(2)23-40(52(88)78-44(59(95)96)27-49(84)85)77-57(93)46-19-12-22-80(46)58(94)39(18-11-20-67-60(63)64)75-55(91)43(26-37-29-66-32-70-37)73-48(83)30-69-51(87)38(17-10-21-68-61(65)97)74-50(86)34(3)71-56(92)45(31-81)79-54(90)42(25-36-15-8-5-9-16-36)76-53(89)41(72-47(82)28-62)24-35-13-6-4-7-14-35/h4-9,13-16,29,32-34,38-46,81H,10-12,17-28,30-31,62H2,1-3H3,(H,66,70)(H,69,87)(H,71,92)(H,72,82)(H,73,83)(H,74,86)(H,75,91)(H,76,89)(H,77,93)(H,78,88)(H,79,90)(H,84,85)(H,95,96)(H4,63,64,67)(H3,65,68,97)/t34-,38-,39-,40-,41-,42-,43-,44-,45-,46-/m0/s1. The number of H-pyrrole nitrogens is 1. The maximum absolute atomic E-state index is 14.6. The fraction of sp³-hybridized carbons (Fsp3) is 0.508. The lowest BCUT2D eigenvalue weighted by Gasteiger charge is -2.31. The van der Waals surface area contributed by atoms with Crippen molar-refractivity contribution in [1.82, 2.24) is 73.4 Å². The molecule has 36 nitrogen and oxygen atoms in total. The molecule has 23 N–H and O–H groups in total. The highest BCUT2D eigenvalue weighted by Gasteiger charge is 2.41. The van der Waals surface area contributed by atoms with Gasteiger partial charge >= 0.3 is 18.0 Å². The van der Waals surface area contributed by atoms with Crippen molar-refractivity contribution in [1.29, 1.82) is 0 Å². The fourth-order valence-corrected chi connectivity index (χ4v) is 10.1. The SMILES string of the molecule is CC(C)C[C@H](NC(=O)[C@@H]1CCCN1C(=O)[C@H](CCCN=C(N)N)NC(=O)[C@H](Cc1cnc[nH]1)NC(=O)CNC(=O)[C@H](CCCNC(N)=O)NC(=O)[C@H](C)NC(=O)[C@H](CO)NC(=O)[C@H](Cc1ccccc1)NC(=O)[C@H](Cc1ccccc1)NC(=O)CN)C(=O)N[C@@H](CC(=O)O)C(=O)O. The van der Waals surface area contributed by atoms with Gasteiger partial charge in [-0.25, -0.2) is 14.6 Å². The highest BCUT2D eigenvalue weighted by molar-refractivity contribution is 5.99. The van der Waals surface area contributed by atoms with Crippen LogP contribution in [0.25, 0.3) is 0 Å². The summed E-state index contributed by atoms with van der Waals surface area (Å²) in [6, 6.07) is 1.68. The zero-order valence-electron chi connectivity index (χ0n) is 54.0. The van der Waals surface area contributed by atoms with E-state index in [4.69, 9.17) is 22.9 Å². The minimum atomic E-state index is -1.82. The van der Waals surface area contributed by atoms with Crippen molar-refractivity contribution in [2.24, 2.45) is 33.8 Å². The number of carbonyl (C=O) groups is 14. The Morgan fingerprint density at radius 2 is 1.14 bits per heavy atom. The zero-order valence-corrected chi connectivity index (χ0v) is 54.0. The van der Waals surface area contributed by atoms with Gasteiger partial charge in [0.1, 0.15) is 60.4 Å². The van der Waals surface area contributed by atoms with Crippen molar-refractivity contribution in [2.45, 2.75) is 152 Å². The lowest BCUT2D eigenvalue weighted by molar-refractivity contribution is -0.147. The van der Waals surface area contributed by atoms with Gasteiger partial charge in [-0.15, -0.1) is 0 Å². The molecule has 2 aromatic carbocycles. The minimum Gasteiger partial charge on any atom is -0.481 e. The molecule has 10 atom stereocenters. The summed E-state index contributed by atoms with van der Waals surface area (Å²) in [5.41, 5.74) is 23.4. The summed E-state index contributed by atoms with van der Waals surface area (Å²) in [5.74, 6) is -13.4. The molecule has 0 radical (unpaired) electrons. The van der Waals surface area contributed by atoms with Crippen LogP contribution in [0.2, 0.25) is 0 Å². The number of hydrogen-bond acceptors (Lipinski definition) is 18. The van der Waals surface area contributed by atoms with E-state index in [0.29, 0.717) is 23.2 Å². The smallest absolute Gasteiger partial charge is 0.326 e. The number of aliphatic hydroxyl groups excluding tert-OH is 1. The lowest BCUT2D eigenvalue weighted by Crippen LogP contribution is -2.60. The number of aromatic amines is 1. The van der Waals surface area contributed by atoms with E-state index in [1.54, 1.807) is 74.5 Å². The third-order valence-electron chi connectivity index (χ3n) is 15.0. The molecule has 13 amide bonds. The molecule has 0 spiro atoms. The average Bonchev–Trinajstić information content (AvgIpc) is 1.77. The Hall–Kier alpha value is -10.8. The minimum absolute atomic E-state index is 0.00478. The van der Waals surface area contributed by atoms with Crippen LogP contribution in [0.5, 0.6) is 0 Å². The van der Waals surface area contributed by atoms with Crippen LogP contribution in [0.15, 0.2) is 78.2 Å². The summed E-state index contributed by atoms with van der Waals surface area (Å²) in [7, 11) is 0. The number of nitrogens with one attached hydrogen (secondary N) is 12. The van der Waals surface area contributed by atoms with Crippen molar-refractivity contribution in [2.75, 3.05) is 39.3 Å². The van der Waals surface area contributed by atoms with Gasteiger partial charge in [0.15, 0.2) is 5.96 Å². The van der Waals surface area contributed by atoms with Crippen molar-refractivity contribution in [3.8, 4) is 0 Å². The Bertz CT molecular complexity index is 3210. The van der Waals surface area contributed by atoms with Crippen LogP contribution in [0.4, 0.5) is 4.79 Å². The Kier molecular flexibility index (Phi) is 32.8. The topological polar surface area (TPSA) is 580 Å². The number of carboxylic acid groups (broad SMARTS) is 2. The van der Waals surface area contributed by atoms with Gasteiger partial charge in [-0.05, 0) is 68.9 Å². The normalized spacial score (nSPS) is 15.3. The first-order chi connectivity index (χ1) is 46.1. The highest BCUT2D eigenvalue weighted by Crippen LogP contribution is 2.21. The lowest BCUT2D eigenvalue weighted by atomic mass is 10.0. The van der Waals surface area contributed by atoms with Crippen LogP contribution in [0.3, 0.4) is 0 Å². The number of carbonyl (C=O) groups excluding carboxylic acids is 12. The van der Waals surface area contributed by atoms with Gasteiger partial charge < -0.3 is 107 Å². The molecule has 1 aliphatic heterocycles. The molecular weight excluding hydrogens is 1270 g/mol. The van der Waals surface area contributed by atoms with E-state index < -0.39 is 169 Å². The number of amides is 13. The number of guanidine groups is 1.